The van der Waals surface area contributed by atoms with Crippen molar-refractivity contribution in [1.29, 1.82) is 0 Å². The third-order valence-corrected chi connectivity index (χ3v) is 7.63. The molecule has 3 aromatic rings. The first kappa shape index (κ1) is 23.4. The normalized spacial score (nSPS) is 21.7. The molecule has 0 radical (unpaired) electrons. The van der Waals surface area contributed by atoms with E-state index in [1.165, 1.54) is 6.07 Å². The van der Waals surface area contributed by atoms with Crippen molar-refractivity contribution in [2.45, 2.75) is 56.5 Å². The van der Waals surface area contributed by atoms with E-state index in [-0.39, 0.29) is 22.8 Å². The van der Waals surface area contributed by atoms with E-state index in [4.69, 9.17) is 0 Å². The average molecular weight is 472 g/mol. The van der Waals surface area contributed by atoms with Crippen molar-refractivity contribution in [1.82, 2.24) is 14.9 Å². The predicted molar refractivity (Wildman–Crippen MR) is 127 cm³/mol. The fourth-order valence-electron chi connectivity index (χ4n) is 4.36. The Morgan fingerprint density at radius 1 is 1.18 bits per heavy atom. The molecule has 0 spiro atoms. The molecular formula is C25H27F2N3O2S. The van der Waals surface area contributed by atoms with Crippen molar-refractivity contribution >= 4 is 28.6 Å². The third-order valence-electron chi connectivity index (χ3n) is 6.58. The topological polar surface area (TPSA) is 64.0 Å². The predicted octanol–water partition coefficient (Wildman–Crippen LogP) is 5.09. The molecule has 1 saturated carbocycles. The summed E-state index contributed by atoms with van der Waals surface area (Å²) in [6, 6.07) is 9.90. The Kier molecular flexibility index (Phi) is 6.83. The van der Waals surface area contributed by atoms with Gasteiger partial charge in [0.25, 0.3) is 5.56 Å². The molecule has 4 rings (SSSR count). The first-order chi connectivity index (χ1) is 15.8. The molecule has 1 heterocycles. The van der Waals surface area contributed by atoms with E-state index in [0.29, 0.717) is 22.7 Å². The fourth-order valence-corrected chi connectivity index (χ4v) is 5.29. The number of halogens is 2. The van der Waals surface area contributed by atoms with Gasteiger partial charge >= 0.3 is 0 Å². The Hall–Kier alpha value is -2.74. The summed E-state index contributed by atoms with van der Waals surface area (Å²) in [4.78, 5) is 30.8. The number of fused-ring (bicyclic) bond motifs is 1. The molecule has 0 aliphatic heterocycles. The number of thioether (sulfide) groups is 1. The number of benzene rings is 2. The number of para-hydroxylation sites is 1. The van der Waals surface area contributed by atoms with E-state index in [2.05, 4.69) is 24.1 Å². The number of hydrogen-bond acceptors (Lipinski definition) is 4. The number of rotatable bonds is 5. The van der Waals surface area contributed by atoms with Gasteiger partial charge in [0.2, 0.25) is 5.91 Å². The van der Waals surface area contributed by atoms with E-state index >= 15 is 0 Å². The molecule has 1 aliphatic carbocycles. The number of aromatic nitrogens is 2. The van der Waals surface area contributed by atoms with Crippen LogP contribution >= 0.6 is 11.8 Å². The first-order valence-electron chi connectivity index (χ1n) is 11.2. The highest BCUT2D eigenvalue weighted by molar-refractivity contribution is 8.00. The lowest BCUT2D eigenvalue weighted by Gasteiger charge is -2.35. The van der Waals surface area contributed by atoms with Crippen molar-refractivity contribution in [3.63, 3.8) is 0 Å². The quantitative estimate of drug-likeness (QED) is 0.416. The summed E-state index contributed by atoms with van der Waals surface area (Å²) >= 11 is 1.09. The minimum absolute atomic E-state index is 0.102. The molecule has 5 nitrogen and oxygen atoms in total. The highest BCUT2D eigenvalue weighted by Crippen LogP contribution is 2.31. The summed E-state index contributed by atoms with van der Waals surface area (Å²) in [6.45, 7) is 6.10. The van der Waals surface area contributed by atoms with Gasteiger partial charge in [-0.3, -0.25) is 14.2 Å². The Balaban J connectivity index is 1.69. The Morgan fingerprint density at radius 2 is 1.94 bits per heavy atom. The van der Waals surface area contributed by atoms with E-state index in [9.17, 15) is 18.4 Å². The lowest BCUT2D eigenvalue weighted by Crippen LogP contribution is -2.46. The van der Waals surface area contributed by atoms with Crippen molar-refractivity contribution < 1.29 is 13.6 Å². The van der Waals surface area contributed by atoms with Gasteiger partial charge in [-0.25, -0.2) is 13.8 Å². The maximum atomic E-state index is 14.7. The summed E-state index contributed by atoms with van der Waals surface area (Å²) in [5.74, 6) is -0.848. The molecule has 1 aromatic heterocycles. The van der Waals surface area contributed by atoms with Gasteiger partial charge in [0.15, 0.2) is 5.16 Å². The van der Waals surface area contributed by atoms with Crippen molar-refractivity contribution in [2.75, 3.05) is 0 Å². The largest absolute Gasteiger partial charge is 0.352 e. The van der Waals surface area contributed by atoms with Crippen molar-refractivity contribution in [2.24, 2.45) is 11.8 Å². The molecule has 174 valence electrons. The maximum absolute atomic E-state index is 14.7. The van der Waals surface area contributed by atoms with Gasteiger partial charge in [0.1, 0.15) is 11.6 Å². The lowest BCUT2D eigenvalue weighted by molar-refractivity contribution is -0.121. The van der Waals surface area contributed by atoms with E-state index in [1.807, 2.05) is 0 Å². The number of hydrogen-bond donors (Lipinski definition) is 1. The molecule has 4 atom stereocenters. The SMILES string of the molecule is C[C@H]1[C@@H](NC(=O)[C@@H](C)Sc2nc3ccccc3c(=O)n2-c2ccc(F)cc2F)CCC[C@@H]1C. The van der Waals surface area contributed by atoms with Crippen LogP contribution in [0, 0.1) is 23.5 Å². The van der Waals surface area contributed by atoms with Crippen LogP contribution in [0.3, 0.4) is 0 Å². The summed E-state index contributed by atoms with van der Waals surface area (Å²) in [5.41, 5.74) is -0.133. The zero-order valence-electron chi connectivity index (χ0n) is 18.8. The molecule has 33 heavy (non-hydrogen) atoms. The lowest BCUT2D eigenvalue weighted by atomic mass is 9.78. The van der Waals surface area contributed by atoms with Crippen molar-refractivity contribution in [3.05, 3.63) is 64.5 Å². The Bertz CT molecular complexity index is 1250. The molecule has 1 fully saturated rings. The van der Waals surface area contributed by atoms with Gasteiger partial charge in [0.05, 0.1) is 21.8 Å². The fraction of sp³-hybridized carbons (Fsp3) is 0.400. The van der Waals surface area contributed by atoms with Crippen LogP contribution in [0.25, 0.3) is 16.6 Å². The Labute approximate surface area is 195 Å². The first-order valence-corrected chi connectivity index (χ1v) is 12.1. The zero-order chi connectivity index (χ0) is 23.7. The summed E-state index contributed by atoms with van der Waals surface area (Å²) < 4.78 is 29.3. The van der Waals surface area contributed by atoms with Gasteiger partial charge in [-0.1, -0.05) is 50.6 Å². The van der Waals surface area contributed by atoms with E-state index in [0.717, 1.165) is 47.7 Å². The number of carbonyl (C=O) groups excluding carboxylic acids is 1. The second-order valence-electron chi connectivity index (χ2n) is 8.79. The van der Waals surface area contributed by atoms with Gasteiger partial charge in [-0.15, -0.1) is 0 Å². The second-order valence-corrected chi connectivity index (χ2v) is 10.1. The molecular weight excluding hydrogens is 444 g/mol. The van der Waals surface area contributed by atoms with Crippen LogP contribution in [0.2, 0.25) is 0 Å². The van der Waals surface area contributed by atoms with E-state index < -0.39 is 22.4 Å². The smallest absolute Gasteiger partial charge is 0.266 e. The van der Waals surface area contributed by atoms with Gasteiger partial charge in [-0.2, -0.15) is 0 Å². The standard InChI is InChI=1S/C25H27F2N3O2S/c1-14-7-6-10-20(15(14)2)28-23(31)16(3)33-25-29-21-9-5-4-8-18(21)24(32)30(25)22-12-11-17(26)13-19(22)27/h4-5,8-9,11-16,20H,6-7,10H2,1-3H3,(H,28,31)/t14-,15+,16+,20-/m0/s1. The maximum Gasteiger partial charge on any atom is 0.266 e. The van der Waals surface area contributed by atoms with Crippen LogP contribution in [0.4, 0.5) is 8.78 Å². The van der Waals surface area contributed by atoms with Crippen LogP contribution < -0.4 is 10.9 Å². The van der Waals surface area contributed by atoms with Crippen LogP contribution in [0.15, 0.2) is 52.4 Å². The second kappa shape index (κ2) is 9.63. The van der Waals surface area contributed by atoms with Crippen LogP contribution in [0.5, 0.6) is 0 Å². The molecule has 8 heteroatoms. The van der Waals surface area contributed by atoms with Crippen LogP contribution in [-0.2, 0) is 4.79 Å². The van der Waals surface area contributed by atoms with Crippen molar-refractivity contribution in [3.8, 4) is 5.69 Å². The monoisotopic (exact) mass is 471 g/mol. The molecule has 0 saturated heterocycles. The molecule has 1 N–H and O–H groups in total. The number of carbonyl (C=O) groups is 1. The average Bonchev–Trinajstić information content (AvgIpc) is 2.78. The number of nitrogens with one attached hydrogen (secondary N) is 1. The molecule has 0 bridgehead atoms. The highest BCUT2D eigenvalue weighted by atomic mass is 32.2. The summed E-state index contributed by atoms with van der Waals surface area (Å²) in [7, 11) is 0. The summed E-state index contributed by atoms with van der Waals surface area (Å²) in [6.07, 6.45) is 3.18. The van der Waals surface area contributed by atoms with Crippen LogP contribution in [0.1, 0.15) is 40.0 Å². The number of amides is 1. The van der Waals surface area contributed by atoms with E-state index in [1.54, 1.807) is 31.2 Å². The van der Waals surface area contributed by atoms with Gasteiger partial charge < -0.3 is 5.32 Å². The molecule has 1 amide bonds. The minimum atomic E-state index is -0.877. The minimum Gasteiger partial charge on any atom is -0.352 e. The molecule has 0 unspecified atom stereocenters. The number of nitrogens with zero attached hydrogens (tertiary/aromatic N) is 2. The zero-order valence-corrected chi connectivity index (χ0v) is 19.7. The van der Waals surface area contributed by atoms with Gasteiger partial charge in [-0.05, 0) is 49.4 Å². The molecule has 1 aliphatic rings. The van der Waals surface area contributed by atoms with Gasteiger partial charge in [0, 0.05) is 12.1 Å². The summed E-state index contributed by atoms with van der Waals surface area (Å²) in [5, 5.41) is 3.07. The third kappa shape index (κ3) is 4.81. The highest BCUT2D eigenvalue weighted by Gasteiger charge is 2.30. The molecule has 2 aromatic carbocycles. The Morgan fingerprint density at radius 3 is 2.70 bits per heavy atom. The van der Waals surface area contributed by atoms with Crippen LogP contribution in [-0.4, -0.2) is 26.8 Å².